The molecule has 2 aliphatic heterocycles. The molecular weight excluding hydrogens is 432 g/mol. The Morgan fingerprint density at radius 1 is 1.22 bits per heavy atom. The van der Waals surface area contributed by atoms with Gasteiger partial charge in [-0.25, -0.2) is 5.10 Å². The molecule has 11 heteroatoms. The lowest BCUT2D eigenvalue weighted by Gasteiger charge is -2.44. The standard InChI is InChI=1S/C21H28N6O4S/c1-5-10-30-12-8-7-9-13(31-11-6-2)14(12)18(28)22-15-19(29)27-16(17-23-25-26-24-17)21(3,4)32-20(15)27/h7-9,15-16,20H,5-6,10-11H2,1-4H3,(H,22,28)(H,23,24,25,26). The van der Waals surface area contributed by atoms with Gasteiger partial charge in [0, 0.05) is 4.75 Å². The van der Waals surface area contributed by atoms with E-state index < -0.39 is 6.04 Å². The van der Waals surface area contributed by atoms with Crippen LogP contribution in [0.3, 0.4) is 0 Å². The number of hydrogen-bond donors (Lipinski definition) is 2. The van der Waals surface area contributed by atoms with Gasteiger partial charge in [0.1, 0.15) is 34.5 Å². The Labute approximate surface area is 190 Å². The van der Waals surface area contributed by atoms with Crippen molar-refractivity contribution < 1.29 is 19.1 Å². The van der Waals surface area contributed by atoms with Gasteiger partial charge in [-0.05, 0) is 49.2 Å². The number of thioether (sulfide) groups is 1. The zero-order valence-electron chi connectivity index (χ0n) is 18.6. The van der Waals surface area contributed by atoms with Crippen molar-refractivity contribution in [3.8, 4) is 11.5 Å². The predicted octanol–water partition coefficient (Wildman–Crippen LogP) is 2.31. The second-order valence-corrected chi connectivity index (χ2v) is 10.1. The molecular formula is C21H28N6O4S. The number of carbonyl (C=O) groups excluding carboxylic acids is 2. The van der Waals surface area contributed by atoms with Gasteiger partial charge in [0.05, 0.1) is 13.2 Å². The highest BCUT2D eigenvalue weighted by molar-refractivity contribution is 8.01. The lowest BCUT2D eigenvalue weighted by Crippen LogP contribution is -2.67. The molecule has 0 radical (unpaired) electrons. The zero-order chi connectivity index (χ0) is 22.9. The number of β-lactam (4-membered cyclic amide) rings is 1. The number of aromatic amines is 1. The van der Waals surface area contributed by atoms with Crippen LogP contribution in [0.4, 0.5) is 0 Å². The number of ether oxygens (including phenoxy) is 2. The highest BCUT2D eigenvalue weighted by Crippen LogP contribution is 2.56. The average Bonchev–Trinajstić information content (AvgIpc) is 3.38. The van der Waals surface area contributed by atoms with E-state index in [2.05, 4.69) is 25.9 Å². The van der Waals surface area contributed by atoms with Crippen LogP contribution in [0.1, 0.15) is 62.8 Å². The summed E-state index contributed by atoms with van der Waals surface area (Å²) >= 11 is 1.62. The van der Waals surface area contributed by atoms with E-state index in [-0.39, 0.29) is 28.0 Å². The number of aromatic nitrogens is 4. The first-order valence-corrected chi connectivity index (χ1v) is 11.7. The SMILES string of the molecule is CCCOc1cccc(OCCC)c1C(=O)NC1C(=O)N2C1SC(C)(C)C2c1nnn[nH]1. The Hall–Kier alpha value is -2.82. The Balaban J connectivity index is 1.56. The zero-order valence-corrected chi connectivity index (χ0v) is 19.4. The van der Waals surface area contributed by atoms with E-state index in [4.69, 9.17) is 9.47 Å². The molecule has 32 heavy (non-hydrogen) atoms. The minimum Gasteiger partial charge on any atom is -0.493 e. The summed E-state index contributed by atoms with van der Waals surface area (Å²) in [4.78, 5) is 28.1. The van der Waals surface area contributed by atoms with Crippen molar-refractivity contribution in [3.63, 3.8) is 0 Å². The third kappa shape index (κ3) is 3.89. The van der Waals surface area contributed by atoms with Crippen molar-refractivity contribution in [3.05, 3.63) is 29.6 Å². The van der Waals surface area contributed by atoms with Gasteiger partial charge in [0.2, 0.25) is 5.91 Å². The van der Waals surface area contributed by atoms with Crippen molar-refractivity contribution in [2.45, 2.75) is 62.7 Å². The van der Waals surface area contributed by atoms with Crippen LogP contribution in [0.2, 0.25) is 0 Å². The number of hydrogen-bond acceptors (Lipinski definition) is 8. The fourth-order valence-electron chi connectivity index (χ4n) is 4.09. The van der Waals surface area contributed by atoms with E-state index in [1.807, 2.05) is 27.7 Å². The first kappa shape index (κ1) is 22.4. The van der Waals surface area contributed by atoms with Crippen molar-refractivity contribution in [1.82, 2.24) is 30.8 Å². The van der Waals surface area contributed by atoms with Gasteiger partial charge in [0.15, 0.2) is 5.82 Å². The van der Waals surface area contributed by atoms with E-state index in [1.54, 1.807) is 34.9 Å². The van der Waals surface area contributed by atoms with Crippen molar-refractivity contribution >= 4 is 23.6 Å². The lowest BCUT2D eigenvalue weighted by molar-refractivity contribution is -0.148. The first-order valence-electron chi connectivity index (χ1n) is 10.8. The molecule has 4 rings (SSSR count). The largest absolute Gasteiger partial charge is 0.493 e. The Bertz CT molecular complexity index is 956. The molecule has 0 spiro atoms. The quantitative estimate of drug-likeness (QED) is 0.547. The summed E-state index contributed by atoms with van der Waals surface area (Å²) in [5.41, 5.74) is 0.318. The number of tetrazole rings is 1. The van der Waals surface area contributed by atoms with Crippen LogP contribution in [0.25, 0.3) is 0 Å². The number of fused-ring (bicyclic) bond motifs is 1. The van der Waals surface area contributed by atoms with Crippen molar-refractivity contribution in [2.24, 2.45) is 0 Å². The Kier molecular flexibility index (Phi) is 6.27. The van der Waals surface area contributed by atoms with Gasteiger partial charge in [-0.3, -0.25) is 9.59 Å². The minimum atomic E-state index is -0.647. The van der Waals surface area contributed by atoms with Crippen LogP contribution in [0.15, 0.2) is 18.2 Å². The molecule has 3 heterocycles. The number of H-pyrrole nitrogens is 1. The number of carbonyl (C=O) groups is 2. The van der Waals surface area contributed by atoms with Gasteiger partial charge in [0.25, 0.3) is 5.91 Å². The second kappa shape index (κ2) is 8.97. The highest BCUT2D eigenvalue weighted by Gasteiger charge is 2.63. The number of nitrogens with one attached hydrogen (secondary N) is 2. The molecule has 0 saturated carbocycles. The molecule has 0 aliphatic carbocycles. The van der Waals surface area contributed by atoms with Gasteiger partial charge in [-0.1, -0.05) is 19.9 Å². The normalized spacial score (nSPS) is 23.4. The summed E-state index contributed by atoms with van der Waals surface area (Å²) in [6, 6.07) is 4.36. The maximum atomic E-state index is 13.3. The number of benzene rings is 1. The topological polar surface area (TPSA) is 122 Å². The summed E-state index contributed by atoms with van der Waals surface area (Å²) in [6.07, 6.45) is 1.62. The van der Waals surface area contributed by atoms with Gasteiger partial charge < -0.3 is 19.7 Å². The predicted molar refractivity (Wildman–Crippen MR) is 118 cm³/mol. The fraction of sp³-hybridized carbons (Fsp3) is 0.571. The second-order valence-electron chi connectivity index (χ2n) is 8.32. The summed E-state index contributed by atoms with van der Waals surface area (Å²) in [5, 5.41) is 16.8. The van der Waals surface area contributed by atoms with Crippen LogP contribution < -0.4 is 14.8 Å². The van der Waals surface area contributed by atoms with E-state index in [9.17, 15) is 9.59 Å². The maximum Gasteiger partial charge on any atom is 0.259 e. The fourth-order valence-corrected chi connectivity index (χ4v) is 5.72. The van der Waals surface area contributed by atoms with E-state index in [0.717, 1.165) is 12.8 Å². The monoisotopic (exact) mass is 460 g/mol. The molecule has 2 aliphatic rings. The first-order chi connectivity index (χ1) is 15.4. The van der Waals surface area contributed by atoms with Gasteiger partial charge in [-0.15, -0.1) is 16.9 Å². The third-order valence-corrected chi connectivity index (χ3v) is 7.06. The van der Waals surface area contributed by atoms with Crippen LogP contribution in [0.5, 0.6) is 11.5 Å². The molecule has 172 valence electrons. The molecule has 2 aromatic rings. The lowest BCUT2D eigenvalue weighted by atomic mass is 9.95. The van der Waals surface area contributed by atoms with E-state index >= 15 is 0 Å². The smallest absolute Gasteiger partial charge is 0.259 e. The van der Waals surface area contributed by atoms with Gasteiger partial charge >= 0.3 is 0 Å². The molecule has 2 fully saturated rings. The summed E-state index contributed by atoms with van der Waals surface area (Å²) < 4.78 is 11.3. The number of nitrogens with zero attached hydrogens (tertiary/aromatic N) is 4. The maximum absolute atomic E-state index is 13.3. The summed E-state index contributed by atoms with van der Waals surface area (Å²) in [5.74, 6) is 0.893. The van der Waals surface area contributed by atoms with Crippen LogP contribution >= 0.6 is 11.8 Å². The molecule has 3 unspecified atom stereocenters. The van der Waals surface area contributed by atoms with Crippen LogP contribution in [-0.4, -0.2) is 66.7 Å². The molecule has 0 bridgehead atoms. The van der Waals surface area contributed by atoms with E-state index in [0.29, 0.717) is 36.1 Å². The Morgan fingerprint density at radius 3 is 2.44 bits per heavy atom. The molecule has 2 N–H and O–H groups in total. The van der Waals surface area contributed by atoms with Crippen LogP contribution in [0, 0.1) is 0 Å². The van der Waals surface area contributed by atoms with E-state index in [1.165, 1.54) is 0 Å². The Morgan fingerprint density at radius 2 is 1.88 bits per heavy atom. The molecule has 3 atom stereocenters. The molecule has 2 amide bonds. The highest BCUT2D eigenvalue weighted by atomic mass is 32.2. The molecule has 1 aromatic heterocycles. The average molecular weight is 461 g/mol. The minimum absolute atomic E-state index is 0.161. The number of amides is 2. The van der Waals surface area contributed by atoms with Crippen molar-refractivity contribution in [1.29, 1.82) is 0 Å². The molecule has 10 nitrogen and oxygen atoms in total. The number of rotatable bonds is 9. The summed E-state index contributed by atoms with van der Waals surface area (Å²) in [6.45, 7) is 9.04. The third-order valence-electron chi connectivity index (χ3n) is 5.49. The van der Waals surface area contributed by atoms with Crippen molar-refractivity contribution in [2.75, 3.05) is 13.2 Å². The summed E-state index contributed by atoms with van der Waals surface area (Å²) in [7, 11) is 0. The van der Waals surface area contributed by atoms with Crippen LogP contribution in [-0.2, 0) is 4.79 Å². The molecule has 2 saturated heterocycles. The van der Waals surface area contributed by atoms with Gasteiger partial charge in [-0.2, -0.15) is 0 Å². The molecule has 1 aromatic carbocycles.